The molecule has 3 rings (SSSR count). The van der Waals surface area contributed by atoms with Gasteiger partial charge < -0.3 is 15.5 Å². The standard InChI is InChI=1S/C17H21N3O3/c18-16(21)11-20(13-8-4-5-9-13)17(22)14-10-15(23-19-14)12-6-2-1-3-7-12/h1-3,6-7,13,15H,4-5,8-11H2,(H2,18,21). The van der Waals surface area contributed by atoms with Gasteiger partial charge in [0.05, 0.1) is 6.54 Å². The first-order valence-electron chi connectivity index (χ1n) is 8.02. The highest BCUT2D eigenvalue weighted by atomic mass is 16.6. The van der Waals surface area contributed by atoms with Crippen molar-refractivity contribution < 1.29 is 14.4 Å². The van der Waals surface area contributed by atoms with E-state index in [9.17, 15) is 9.59 Å². The molecule has 1 aromatic rings. The fourth-order valence-corrected chi connectivity index (χ4v) is 3.27. The molecule has 0 bridgehead atoms. The Labute approximate surface area is 135 Å². The zero-order valence-electron chi connectivity index (χ0n) is 13.0. The number of rotatable bonds is 5. The van der Waals surface area contributed by atoms with Crippen LogP contribution in [0.15, 0.2) is 35.5 Å². The van der Waals surface area contributed by atoms with Crippen molar-refractivity contribution in [1.29, 1.82) is 0 Å². The van der Waals surface area contributed by atoms with Crippen LogP contribution in [0.5, 0.6) is 0 Å². The first kappa shape index (κ1) is 15.5. The third kappa shape index (κ3) is 3.52. The summed E-state index contributed by atoms with van der Waals surface area (Å²) in [6.07, 6.45) is 4.15. The van der Waals surface area contributed by atoms with E-state index in [-0.39, 0.29) is 24.6 Å². The highest BCUT2D eigenvalue weighted by molar-refractivity contribution is 6.39. The number of nitrogens with zero attached hydrogens (tertiary/aromatic N) is 2. The Bertz CT molecular complexity index is 609. The Balaban J connectivity index is 1.69. The summed E-state index contributed by atoms with van der Waals surface area (Å²) >= 11 is 0. The largest absolute Gasteiger partial charge is 0.387 e. The van der Waals surface area contributed by atoms with E-state index in [1.807, 2.05) is 30.3 Å². The van der Waals surface area contributed by atoms with Gasteiger partial charge in [-0.05, 0) is 18.4 Å². The summed E-state index contributed by atoms with van der Waals surface area (Å²) in [5.41, 5.74) is 6.67. The minimum absolute atomic E-state index is 0.0570. The molecule has 122 valence electrons. The highest BCUT2D eigenvalue weighted by Crippen LogP contribution is 2.29. The molecule has 0 saturated heterocycles. The number of oxime groups is 1. The van der Waals surface area contributed by atoms with E-state index in [4.69, 9.17) is 10.6 Å². The lowest BCUT2D eigenvalue weighted by Crippen LogP contribution is -2.46. The second kappa shape index (κ2) is 6.81. The number of benzene rings is 1. The van der Waals surface area contributed by atoms with E-state index in [1.54, 1.807) is 4.90 Å². The third-order valence-electron chi connectivity index (χ3n) is 4.44. The Hall–Kier alpha value is -2.37. The fraction of sp³-hybridized carbons (Fsp3) is 0.471. The van der Waals surface area contributed by atoms with Gasteiger partial charge >= 0.3 is 0 Å². The first-order chi connectivity index (χ1) is 11.1. The topological polar surface area (TPSA) is 85.0 Å². The molecule has 1 fully saturated rings. The number of amides is 2. The van der Waals surface area contributed by atoms with Crippen molar-refractivity contribution in [3.63, 3.8) is 0 Å². The minimum Gasteiger partial charge on any atom is -0.387 e. The van der Waals surface area contributed by atoms with E-state index in [0.717, 1.165) is 31.2 Å². The maximum absolute atomic E-state index is 12.8. The van der Waals surface area contributed by atoms with E-state index in [0.29, 0.717) is 12.1 Å². The molecule has 1 aliphatic heterocycles. The molecule has 23 heavy (non-hydrogen) atoms. The average molecular weight is 315 g/mol. The Morgan fingerprint density at radius 1 is 1.22 bits per heavy atom. The van der Waals surface area contributed by atoms with Gasteiger partial charge in [0.2, 0.25) is 5.91 Å². The number of carbonyl (C=O) groups is 2. The van der Waals surface area contributed by atoms with Crippen molar-refractivity contribution in [3.8, 4) is 0 Å². The molecule has 1 heterocycles. The van der Waals surface area contributed by atoms with Gasteiger partial charge in [0.25, 0.3) is 5.91 Å². The zero-order valence-corrected chi connectivity index (χ0v) is 13.0. The average Bonchev–Trinajstić information content (AvgIpc) is 3.24. The molecule has 1 aliphatic carbocycles. The van der Waals surface area contributed by atoms with Crippen LogP contribution in [0.4, 0.5) is 0 Å². The van der Waals surface area contributed by atoms with Gasteiger partial charge in [-0.2, -0.15) is 0 Å². The van der Waals surface area contributed by atoms with Crippen LogP contribution < -0.4 is 5.73 Å². The molecule has 2 amide bonds. The summed E-state index contributed by atoms with van der Waals surface area (Å²) in [7, 11) is 0. The molecule has 6 heteroatoms. The second-order valence-corrected chi connectivity index (χ2v) is 6.08. The van der Waals surface area contributed by atoms with Crippen molar-refractivity contribution in [2.75, 3.05) is 6.54 Å². The summed E-state index contributed by atoms with van der Waals surface area (Å²) < 4.78 is 0. The monoisotopic (exact) mass is 315 g/mol. The van der Waals surface area contributed by atoms with Crippen molar-refractivity contribution in [2.45, 2.75) is 44.2 Å². The predicted molar refractivity (Wildman–Crippen MR) is 85.5 cm³/mol. The van der Waals surface area contributed by atoms with Crippen molar-refractivity contribution in [3.05, 3.63) is 35.9 Å². The van der Waals surface area contributed by atoms with E-state index < -0.39 is 5.91 Å². The summed E-state index contributed by atoms with van der Waals surface area (Å²) in [5.74, 6) is -0.724. The maximum atomic E-state index is 12.8. The van der Waals surface area contributed by atoms with Crippen LogP contribution in [0.3, 0.4) is 0 Å². The van der Waals surface area contributed by atoms with Crippen LogP contribution in [-0.2, 0) is 14.4 Å². The maximum Gasteiger partial charge on any atom is 0.272 e. The van der Waals surface area contributed by atoms with Crippen LogP contribution in [-0.4, -0.2) is 35.0 Å². The molecule has 0 aromatic heterocycles. The molecule has 2 N–H and O–H groups in total. The van der Waals surface area contributed by atoms with Crippen molar-refractivity contribution in [2.24, 2.45) is 10.9 Å². The number of hydrogen-bond acceptors (Lipinski definition) is 4. The number of carbonyl (C=O) groups excluding carboxylic acids is 2. The van der Waals surface area contributed by atoms with E-state index in [2.05, 4.69) is 5.16 Å². The molecule has 6 nitrogen and oxygen atoms in total. The van der Waals surface area contributed by atoms with Gasteiger partial charge in [0, 0.05) is 12.5 Å². The smallest absolute Gasteiger partial charge is 0.272 e. The highest BCUT2D eigenvalue weighted by Gasteiger charge is 2.34. The van der Waals surface area contributed by atoms with Crippen molar-refractivity contribution in [1.82, 2.24) is 4.90 Å². The molecule has 1 unspecified atom stereocenters. The molecule has 0 spiro atoms. The van der Waals surface area contributed by atoms with Crippen LogP contribution in [0.1, 0.15) is 43.8 Å². The van der Waals surface area contributed by atoms with Gasteiger partial charge in [-0.1, -0.05) is 48.3 Å². The molecule has 2 aliphatic rings. The molecule has 0 radical (unpaired) electrons. The van der Waals surface area contributed by atoms with Gasteiger partial charge in [-0.3, -0.25) is 9.59 Å². The van der Waals surface area contributed by atoms with E-state index in [1.165, 1.54) is 0 Å². The summed E-state index contributed by atoms with van der Waals surface area (Å²) in [6.45, 7) is -0.0570. The second-order valence-electron chi connectivity index (χ2n) is 6.08. The first-order valence-corrected chi connectivity index (χ1v) is 8.02. The van der Waals surface area contributed by atoms with Crippen LogP contribution in [0.25, 0.3) is 0 Å². The number of nitrogens with two attached hydrogens (primary N) is 1. The van der Waals surface area contributed by atoms with Gasteiger partial charge in [-0.15, -0.1) is 0 Å². The Kier molecular flexibility index (Phi) is 4.60. The minimum atomic E-state index is -0.496. The van der Waals surface area contributed by atoms with Gasteiger partial charge in [-0.25, -0.2) is 0 Å². The zero-order chi connectivity index (χ0) is 16.2. The molecule has 1 atom stereocenters. The van der Waals surface area contributed by atoms with Gasteiger partial charge in [0.1, 0.15) is 5.71 Å². The third-order valence-corrected chi connectivity index (χ3v) is 4.44. The number of primary amides is 1. The Morgan fingerprint density at radius 3 is 2.57 bits per heavy atom. The predicted octanol–water partition coefficient (Wildman–Crippen LogP) is 1.76. The molecular weight excluding hydrogens is 294 g/mol. The quantitative estimate of drug-likeness (QED) is 0.898. The lowest BCUT2D eigenvalue weighted by molar-refractivity contribution is -0.131. The summed E-state index contributed by atoms with van der Waals surface area (Å²) in [4.78, 5) is 31.1. The summed E-state index contributed by atoms with van der Waals surface area (Å²) in [6, 6.07) is 9.76. The van der Waals surface area contributed by atoms with Crippen LogP contribution >= 0.6 is 0 Å². The lowest BCUT2D eigenvalue weighted by atomic mass is 10.0. The van der Waals surface area contributed by atoms with Crippen LogP contribution in [0.2, 0.25) is 0 Å². The lowest BCUT2D eigenvalue weighted by Gasteiger charge is -2.27. The fourth-order valence-electron chi connectivity index (χ4n) is 3.27. The van der Waals surface area contributed by atoms with Gasteiger partial charge in [0.15, 0.2) is 6.10 Å². The molecule has 1 saturated carbocycles. The van der Waals surface area contributed by atoms with Crippen molar-refractivity contribution >= 4 is 17.5 Å². The number of hydrogen-bond donors (Lipinski definition) is 1. The normalized spacial score (nSPS) is 20.9. The van der Waals surface area contributed by atoms with E-state index >= 15 is 0 Å². The summed E-state index contributed by atoms with van der Waals surface area (Å²) in [5, 5.41) is 3.97. The SMILES string of the molecule is NC(=O)CN(C(=O)C1=NOC(c2ccccc2)C1)C1CCCC1. The molecular formula is C17H21N3O3. The molecule has 1 aromatic carbocycles. The van der Waals surface area contributed by atoms with Crippen LogP contribution in [0, 0.1) is 0 Å². The Morgan fingerprint density at radius 2 is 1.91 bits per heavy atom.